The van der Waals surface area contributed by atoms with E-state index in [-0.39, 0.29) is 12.5 Å². The number of ether oxygens (including phenoxy) is 2. The minimum atomic E-state index is -0.828. The molecule has 0 aliphatic carbocycles. The van der Waals surface area contributed by atoms with E-state index in [4.69, 9.17) is 0 Å². The van der Waals surface area contributed by atoms with Crippen molar-refractivity contribution in [3.05, 3.63) is 0 Å². The minimum absolute atomic E-state index is 0.182. The van der Waals surface area contributed by atoms with Crippen LogP contribution in [0, 0.1) is 0 Å². The van der Waals surface area contributed by atoms with Crippen molar-refractivity contribution >= 4 is 24.0 Å². The van der Waals surface area contributed by atoms with Gasteiger partial charge in [0.1, 0.15) is 6.04 Å². The van der Waals surface area contributed by atoms with Crippen LogP contribution in [-0.2, 0) is 19.1 Å². The first-order valence-electron chi connectivity index (χ1n) is 7.09. The van der Waals surface area contributed by atoms with E-state index in [1.54, 1.807) is 0 Å². The number of unbranched alkanes of at least 4 members (excludes halogenated alkanes) is 1. The largest absolute Gasteiger partial charge is 0.453 e. The molecule has 0 saturated carbocycles. The second kappa shape index (κ2) is 12.1. The Morgan fingerprint density at radius 1 is 0.957 bits per heavy atom. The molecule has 0 aliphatic heterocycles. The fourth-order valence-electron chi connectivity index (χ4n) is 1.59. The molecular weight excluding hydrogens is 308 g/mol. The van der Waals surface area contributed by atoms with E-state index in [1.165, 1.54) is 21.3 Å². The number of hydrogen-bond donors (Lipinski definition) is 4. The molecule has 10 heteroatoms. The molecule has 0 radical (unpaired) electrons. The third-order valence-electron chi connectivity index (χ3n) is 2.87. The Morgan fingerprint density at radius 2 is 1.61 bits per heavy atom. The molecule has 1 unspecified atom stereocenters. The lowest BCUT2D eigenvalue weighted by Gasteiger charge is -2.17. The fraction of sp³-hybridized carbons (Fsp3) is 0.692. The lowest BCUT2D eigenvalue weighted by Crippen LogP contribution is -2.48. The van der Waals surface area contributed by atoms with Crippen LogP contribution in [0.4, 0.5) is 9.59 Å². The van der Waals surface area contributed by atoms with Crippen molar-refractivity contribution in [2.75, 3.05) is 34.4 Å². The van der Waals surface area contributed by atoms with E-state index in [2.05, 4.69) is 30.7 Å². The summed E-state index contributed by atoms with van der Waals surface area (Å²) in [5.41, 5.74) is 0. The Morgan fingerprint density at radius 3 is 2.17 bits per heavy atom. The zero-order chi connectivity index (χ0) is 17.7. The first-order chi connectivity index (χ1) is 10.9. The highest BCUT2D eigenvalue weighted by Crippen LogP contribution is 2.02. The molecular formula is C13H24N4O6. The van der Waals surface area contributed by atoms with Crippen LogP contribution in [0.3, 0.4) is 0 Å². The lowest BCUT2D eigenvalue weighted by atomic mass is 10.1. The summed E-state index contributed by atoms with van der Waals surface area (Å²) >= 11 is 0. The molecule has 1 atom stereocenters. The van der Waals surface area contributed by atoms with E-state index in [0.29, 0.717) is 25.8 Å². The molecule has 132 valence electrons. The Labute approximate surface area is 134 Å². The zero-order valence-electron chi connectivity index (χ0n) is 13.6. The van der Waals surface area contributed by atoms with E-state index < -0.39 is 24.1 Å². The maximum absolute atomic E-state index is 12.0. The van der Waals surface area contributed by atoms with Gasteiger partial charge in [-0.1, -0.05) is 0 Å². The lowest BCUT2D eigenvalue weighted by molar-refractivity contribution is -0.127. The molecule has 10 nitrogen and oxygen atoms in total. The molecule has 4 amide bonds. The highest BCUT2D eigenvalue weighted by molar-refractivity contribution is 5.89. The third-order valence-corrected chi connectivity index (χ3v) is 2.87. The van der Waals surface area contributed by atoms with Gasteiger partial charge in [-0.05, 0) is 19.3 Å². The van der Waals surface area contributed by atoms with Gasteiger partial charge < -0.3 is 30.7 Å². The average molecular weight is 332 g/mol. The van der Waals surface area contributed by atoms with Crippen LogP contribution >= 0.6 is 0 Å². The SMILES string of the molecule is CNC(=O)CNC(=O)C(CCCCNC(=O)OC)NC(=O)OC. The second-order valence-electron chi connectivity index (χ2n) is 4.49. The van der Waals surface area contributed by atoms with Crippen molar-refractivity contribution in [2.45, 2.75) is 25.3 Å². The van der Waals surface area contributed by atoms with E-state index in [0.717, 1.165) is 0 Å². The molecule has 0 bridgehead atoms. The van der Waals surface area contributed by atoms with Crippen LogP contribution in [0.25, 0.3) is 0 Å². The minimum Gasteiger partial charge on any atom is -0.453 e. The molecule has 0 saturated heterocycles. The average Bonchev–Trinajstić information content (AvgIpc) is 2.57. The molecule has 0 aromatic carbocycles. The van der Waals surface area contributed by atoms with Gasteiger partial charge in [-0.3, -0.25) is 9.59 Å². The fourth-order valence-corrected chi connectivity index (χ4v) is 1.59. The summed E-state index contributed by atoms with van der Waals surface area (Å²) in [5, 5.41) is 9.70. The maximum atomic E-state index is 12.0. The molecule has 0 aliphatic rings. The number of alkyl carbamates (subject to hydrolysis) is 2. The molecule has 0 heterocycles. The van der Waals surface area contributed by atoms with Crippen LogP contribution < -0.4 is 21.3 Å². The molecule has 0 spiro atoms. The van der Waals surface area contributed by atoms with Gasteiger partial charge in [-0.25, -0.2) is 9.59 Å². The highest BCUT2D eigenvalue weighted by atomic mass is 16.5. The van der Waals surface area contributed by atoms with Gasteiger partial charge in [-0.2, -0.15) is 0 Å². The standard InChI is InChI=1S/C13H24N4O6/c1-14-10(18)8-16-11(19)9(17-13(21)23-3)6-4-5-7-15-12(20)22-2/h9H,4-8H2,1-3H3,(H,14,18)(H,15,20)(H,16,19)(H,17,21). The molecule has 0 aromatic rings. The van der Waals surface area contributed by atoms with Crippen molar-refractivity contribution in [3.8, 4) is 0 Å². The summed E-state index contributed by atoms with van der Waals surface area (Å²) in [7, 11) is 3.91. The highest BCUT2D eigenvalue weighted by Gasteiger charge is 2.21. The Hall–Kier alpha value is -2.52. The number of hydrogen-bond acceptors (Lipinski definition) is 6. The van der Waals surface area contributed by atoms with Gasteiger partial charge in [-0.15, -0.1) is 0 Å². The predicted molar refractivity (Wildman–Crippen MR) is 80.7 cm³/mol. The number of nitrogens with one attached hydrogen (secondary N) is 4. The number of amides is 4. The predicted octanol–water partition coefficient (Wildman–Crippen LogP) is -0.900. The van der Waals surface area contributed by atoms with Crippen molar-refractivity contribution in [1.29, 1.82) is 0 Å². The van der Waals surface area contributed by atoms with Crippen molar-refractivity contribution < 1.29 is 28.7 Å². The number of likely N-dealkylation sites (N-methyl/N-ethyl adjacent to an activating group) is 1. The molecule has 23 heavy (non-hydrogen) atoms. The summed E-state index contributed by atoms with van der Waals surface area (Å²) in [4.78, 5) is 45.2. The van der Waals surface area contributed by atoms with Crippen LogP contribution in [0.1, 0.15) is 19.3 Å². The Balaban J connectivity index is 4.28. The van der Waals surface area contributed by atoms with Gasteiger partial charge in [0.2, 0.25) is 11.8 Å². The first kappa shape index (κ1) is 20.5. The molecule has 0 fully saturated rings. The monoisotopic (exact) mass is 332 g/mol. The number of carbonyl (C=O) groups is 4. The van der Waals surface area contributed by atoms with Gasteiger partial charge in [0, 0.05) is 13.6 Å². The summed E-state index contributed by atoms with van der Waals surface area (Å²) in [6.45, 7) is 0.204. The molecule has 0 rings (SSSR count). The van der Waals surface area contributed by atoms with Gasteiger partial charge in [0.15, 0.2) is 0 Å². The number of carbonyl (C=O) groups excluding carboxylic acids is 4. The third kappa shape index (κ3) is 9.93. The van der Waals surface area contributed by atoms with Crippen LogP contribution in [0.15, 0.2) is 0 Å². The number of rotatable bonds is 9. The zero-order valence-corrected chi connectivity index (χ0v) is 13.6. The summed E-state index contributed by atoms with van der Waals surface area (Å²) < 4.78 is 8.89. The van der Waals surface area contributed by atoms with Crippen LogP contribution in [-0.4, -0.2) is 64.4 Å². The van der Waals surface area contributed by atoms with Crippen LogP contribution in [0.5, 0.6) is 0 Å². The van der Waals surface area contributed by atoms with E-state index >= 15 is 0 Å². The summed E-state index contributed by atoms with van der Waals surface area (Å²) in [6.07, 6.45) is 0.219. The quantitative estimate of drug-likeness (QED) is 0.404. The molecule has 4 N–H and O–H groups in total. The first-order valence-corrected chi connectivity index (χ1v) is 7.09. The Kier molecular flexibility index (Phi) is 10.7. The molecule has 0 aromatic heterocycles. The van der Waals surface area contributed by atoms with Gasteiger partial charge >= 0.3 is 12.2 Å². The summed E-state index contributed by atoms with van der Waals surface area (Å²) in [6, 6.07) is -0.828. The van der Waals surface area contributed by atoms with Crippen molar-refractivity contribution in [3.63, 3.8) is 0 Å². The smallest absolute Gasteiger partial charge is 0.407 e. The topological polar surface area (TPSA) is 135 Å². The normalized spacial score (nSPS) is 10.9. The second-order valence-corrected chi connectivity index (χ2v) is 4.49. The maximum Gasteiger partial charge on any atom is 0.407 e. The van der Waals surface area contributed by atoms with Gasteiger partial charge in [0.05, 0.1) is 20.8 Å². The van der Waals surface area contributed by atoms with Crippen LogP contribution in [0.2, 0.25) is 0 Å². The van der Waals surface area contributed by atoms with E-state index in [9.17, 15) is 19.2 Å². The van der Waals surface area contributed by atoms with Crippen molar-refractivity contribution in [2.24, 2.45) is 0 Å². The number of methoxy groups -OCH3 is 2. The Bertz CT molecular complexity index is 415. The summed E-state index contributed by atoms with van der Waals surface area (Å²) in [5.74, 6) is -0.836. The van der Waals surface area contributed by atoms with Gasteiger partial charge in [0.25, 0.3) is 0 Å². The van der Waals surface area contributed by atoms with Crippen molar-refractivity contribution in [1.82, 2.24) is 21.3 Å². The van der Waals surface area contributed by atoms with E-state index in [1.807, 2.05) is 0 Å².